The molecule has 0 saturated heterocycles. The van der Waals surface area contributed by atoms with Gasteiger partial charge in [0.15, 0.2) is 0 Å². The highest BCUT2D eigenvalue weighted by atomic mass is 35.5. The van der Waals surface area contributed by atoms with E-state index in [1.807, 2.05) is 6.92 Å². The van der Waals surface area contributed by atoms with Crippen molar-refractivity contribution < 1.29 is 0 Å². The molecule has 78 valence electrons. The average molecular weight is 242 g/mol. The molecule has 2 N–H and O–H groups in total. The van der Waals surface area contributed by atoms with E-state index in [2.05, 4.69) is 5.10 Å². The molecule has 0 saturated carbocycles. The third-order valence-corrected chi connectivity index (χ3v) is 2.68. The van der Waals surface area contributed by atoms with E-state index in [0.29, 0.717) is 15.7 Å². The second kappa shape index (κ2) is 3.76. The zero-order valence-corrected chi connectivity index (χ0v) is 9.55. The molecule has 3 nitrogen and oxygen atoms in total. The fourth-order valence-electron chi connectivity index (χ4n) is 1.30. The van der Waals surface area contributed by atoms with Gasteiger partial charge >= 0.3 is 0 Å². The Hall–Kier alpha value is -1.19. The van der Waals surface area contributed by atoms with E-state index in [0.717, 1.165) is 11.4 Å². The van der Waals surface area contributed by atoms with Gasteiger partial charge in [0, 0.05) is 11.2 Å². The van der Waals surface area contributed by atoms with Crippen LogP contribution in [0.4, 0.5) is 5.69 Å². The first-order valence-electron chi connectivity index (χ1n) is 4.35. The van der Waals surface area contributed by atoms with Gasteiger partial charge in [-0.3, -0.25) is 0 Å². The Balaban J connectivity index is 2.54. The van der Waals surface area contributed by atoms with Gasteiger partial charge in [-0.1, -0.05) is 23.2 Å². The van der Waals surface area contributed by atoms with Crippen LogP contribution in [0, 0.1) is 6.92 Å². The van der Waals surface area contributed by atoms with Gasteiger partial charge in [-0.05, 0) is 25.1 Å². The van der Waals surface area contributed by atoms with E-state index < -0.39 is 0 Å². The Kier molecular flexibility index (Phi) is 2.59. The predicted molar refractivity (Wildman–Crippen MR) is 62.7 cm³/mol. The summed E-state index contributed by atoms with van der Waals surface area (Å²) in [6, 6.07) is 5.25. The van der Waals surface area contributed by atoms with Gasteiger partial charge in [0.2, 0.25) is 0 Å². The molecule has 1 heterocycles. The number of nitrogens with zero attached hydrogens (tertiary/aromatic N) is 2. The van der Waals surface area contributed by atoms with Crippen molar-refractivity contribution in [2.24, 2.45) is 0 Å². The highest BCUT2D eigenvalue weighted by Gasteiger charge is 2.06. The minimum absolute atomic E-state index is 0.571. The molecule has 0 amide bonds. The fraction of sp³-hybridized carbons (Fsp3) is 0.100. The Bertz CT molecular complexity index is 486. The first-order valence-corrected chi connectivity index (χ1v) is 5.10. The minimum Gasteiger partial charge on any atom is -0.397 e. The SMILES string of the molecule is Cc1nn(-c2ccc(Cl)cc2N)cc1Cl. The van der Waals surface area contributed by atoms with Gasteiger partial charge in [0.05, 0.1) is 22.1 Å². The second-order valence-corrected chi connectivity index (χ2v) is 4.05. The van der Waals surface area contributed by atoms with Crippen LogP contribution in [0.25, 0.3) is 5.69 Å². The molecule has 1 aromatic carbocycles. The predicted octanol–water partition coefficient (Wildman–Crippen LogP) is 3.07. The van der Waals surface area contributed by atoms with Crippen LogP contribution < -0.4 is 5.73 Å². The molecule has 0 aliphatic rings. The van der Waals surface area contributed by atoms with Crippen molar-refractivity contribution in [2.45, 2.75) is 6.92 Å². The molecule has 0 bridgehead atoms. The van der Waals surface area contributed by atoms with Crippen LogP contribution in [0.3, 0.4) is 0 Å². The number of aryl methyl sites for hydroxylation is 1. The third-order valence-electron chi connectivity index (χ3n) is 2.08. The van der Waals surface area contributed by atoms with Crippen molar-refractivity contribution in [3.05, 3.63) is 40.1 Å². The average Bonchev–Trinajstić information content (AvgIpc) is 2.46. The summed E-state index contributed by atoms with van der Waals surface area (Å²) in [6.07, 6.45) is 1.72. The molecule has 2 rings (SSSR count). The lowest BCUT2D eigenvalue weighted by Gasteiger charge is -2.05. The molecule has 1 aromatic heterocycles. The summed E-state index contributed by atoms with van der Waals surface area (Å²) >= 11 is 11.7. The Morgan fingerprint density at radius 3 is 2.60 bits per heavy atom. The lowest BCUT2D eigenvalue weighted by atomic mass is 10.3. The zero-order valence-electron chi connectivity index (χ0n) is 8.04. The van der Waals surface area contributed by atoms with Crippen LogP contribution in [0.15, 0.2) is 24.4 Å². The van der Waals surface area contributed by atoms with Crippen LogP contribution in [-0.4, -0.2) is 9.78 Å². The number of anilines is 1. The number of hydrogen-bond acceptors (Lipinski definition) is 2. The van der Waals surface area contributed by atoms with Gasteiger partial charge in [-0.25, -0.2) is 4.68 Å². The van der Waals surface area contributed by atoms with Crippen molar-refractivity contribution in [3.63, 3.8) is 0 Å². The number of nitrogen functional groups attached to an aromatic ring is 1. The molecule has 0 radical (unpaired) electrons. The molecule has 2 aromatic rings. The molecule has 0 aliphatic carbocycles. The van der Waals surface area contributed by atoms with Crippen LogP contribution in [0.1, 0.15) is 5.69 Å². The molecular weight excluding hydrogens is 233 g/mol. The monoisotopic (exact) mass is 241 g/mol. The van der Waals surface area contributed by atoms with Crippen LogP contribution in [0.2, 0.25) is 10.0 Å². The Labute approximate surface area is 97.4 Å². The van der Waals surface area contributed by atoms with Crippen molar-refractivity contribution in [1.82, 2.24) is 9.78 Å². The minimum atomic E-state index is 0.571. The zero-order chi connectivity index (χ0) is 11.0. The van der Waals surface area contributed by atoms with Crippen LogP contribution >= 0.6 is 23.2 Å². The van der Waals surface area contributed by atoms with E-state index >= 15 is 0 Å². The first kappa shape index (κ1) is 10.3. The van der Waals surface area contributed by atoms with Crippen LogP contribution in [-0.2, 0) is 0 Å². The quantitative estimate of drug-likeness (QED) is 0.781. The lowest BCUT2D eigenvalue weighted by Crippen LogP contribution is -2.00. The number of benzene rings is 1. The highest BCUT2D eigenvalue weighted by molar-refractivity contribution is 6.31. The summed E-state index contributed by atoms with van der Waals surface area (Å²) in [5.41, 5.74) is 7.94. The number of nitrogens with two attached hydrogens (primary N) is 1. The normalized spacial score (nSPS) is 10.6. The summed E-state index contributed by atoms with van der Waals surface area (Å²) in [7, 11) is 0. The Morgan fingerprint density at radius 1 is 1.33 bits per heavy atom. The molecule has 15 heavy (non-hydrogen) atoms. The van der Waals surface area contributed by atoms with Crippen LogP contribution in [0.5, 0.6) is 0 Å². The number of rotatable bonds is 1. The van der Waals surface area contributed by atoms with E-state index in [9.17, 15) is 0 Å². The number of aromatic nitrogens is 2. The maximum Gasteiger partial charge on any atom is 0.0876 e. The molecule has 0 fully saturated rings. The largest absolute Gasteiger partial charge is 0.397 e. The molecule has 0 atom stereocenters. The van der Waals surface area contributed by atoms with E-state index in [1.165, 1.54) is 0 Å². The summed E-state index contributed by atoms with van der Waals surface area (Å²) < 4.78 is 1.64. The fourth-order valence-corrected chi connectivity index (χ4v) is 1.61. The summed E-state index contributed by atoms with van der Waals surface area (Å²) in [4.78, 5) is 0. The standard InChI is InChI=1S/C10H9Cl2N3/c1-6-8(12)5-15(14-6)10-3-2-7(11)4-9(10)13/h2-5H,13H2,1H3. The molecule has 0 unspecified atom stereocenters. The topological polar surface area (TPSA) is 43.8 Å². The maximum atomic E-state index is 5.91. The second-order valence-electron chi connectivity index (χ2n) is 3.21. The summed E-state index contributed by atoms with van der Waals surface area (Å²) in [5.74, 6) is 0. The molecule has 0 spiro atoms. The van der Waals surface area contributed by atoms with Crippen molar-refractivity contribution in [3.8, 4) is 5.69 Å². The molecular formula is C10H9Cl2N3. The van der Waals surface area contributed by atoms with Gasteiger partial charge < -0.3 is 5.73 Å². The van der Waals surface area contributed by atoms with Crippen molar-refractivity contribution >= 4 is 28.9 Å². The number of hydrogen-bond donors (Lipinski definition) is 1. The summed E-state index contributed by atoms with van der Waals surface area (Å²) in [6.45, 7) is 1.84. The lowest BCUT2D eigenvalue weighted by molar-refractivity contribution is 0.865. The first-order chi connectivity index (χ1) is 7.08. The van der Waals surface area contributed by atoms with Gasteiger partial charge in [-0.15, -0.1) is 0 Å². The Morgan fingerprint density at radius 2 is 2.07 bits per heavy atom. The van der Waals surface area contributed by atoms with E-state index in [4.69, 9.17) is 28.9 Å². The molecule has 0 aliphatic heterocycles. The van der Waals surface area contributed by atoms with Crippen molar-refractivity contribution in [2.75, 3.05) is 5.73 Å². The maximum absolute atomic E-state index is 5.91. The molecule has 5 heteroatoms. The van der Waals surface area contributed by atoms with Gasteiger partial charge in [-0.2, -0.15) is 5.10 Å². The van der Waals surface area contributed by atoms with E-state index in [1.54, 1.807) is 29.1 Å². The third kappa shape index (κ3) is 1.94. The van der Waals surface area contributed by atoms with Gasteiger partial charge in [0.1, 0.15) is 0 Å². The van der Waals surface area contributed by atoms with Crippen molar-refractivity contribution in [1.29, 1.82) is 0 Å². The highest BCUT2D eigenvalue weighted by Crippen LogP contribution is 2.23. The van der Waals surface area contributed by atoms with Gasteiger partial charge in [0.25, 0.3) is 0 Å². The number of halogens is 2. The van der Waals surface area contributed by atoms with E-state index in [-0.39, 0.29) is 0 Å². The summed E-state index contributed by atoms with van der Waals surface area (Å²) in [5, 5.41) is 5.45. The smallest absolute Gasteiger partial charge is 0.0876 e.